The van der Waals surface area contributed by atoms with Crippen molar-refractivity contribution in [2.24, 2.45) is 0 Å². The second-order valence-corrected chi connectivity index (χ2v) is 8.31. The molecule has 8 nitrogen and oxygen atoms in total. The maximum Gasteiger partial charge on any atom is 0.273 e. The molecule has 2 aromatic rings. The van der Waals surface area contributed by atoms with E-state index in [1.54, 1.807) is 19.9 Å². The lowest BCUT2D eigenvalue weighted by Crippen LogP contribution is -2.41. The van der Waals surface area contributed by atoms with E-state index in [0.717, 1.165) is 12.8 Å². The number of rotatable bonds is 4. The molecule has 0 saturated carbocycles. The molecule has 1 aliphatic rings. The Morgan fingerprint density at radius 1 is 1.00 bits per heavy atom. The molecule has 0 atom stereocenters. The number of nitrogens with zero attached hydrogens (tertiary/aromatic N) is 1. The van der Waals surface area contributed by atoms with Gasteiger partial charge < -0.3 is 4.42 Å². The van der Waals surface area contributed by atoms with Crippen molar-refractivity contribution >= 4 is 21.8 Å². The molecule has 27 heavy (non-hydrogen) atoms. The van der Waals surface area contributed by atoms with Gasteiger partial charge in [0.15, 0.2) is 0 Å². The number of hydrogen-bond acceptors (Lipinski definition) is 5. The number of benzene rings is 1. The Balaban J connectivity index is 1.64. The molecule has 0 radical (unpaired) electrons. The Hall–Kier alpha value is -2.65. The zero-order valence-electron chi connectivity index (χ0n) is 15.1. The summed E-state index contributed by atoms with van der Waals surface area (Å²) in [5.74, 6) is 0.00627. The summed E-state index contributed by atoms with van der Waals surface area (Å²) in [7, 11) is -3.52. The van der Waals surface area contributed by atoms with Gasteiger partial charge >= 0.3 is 0 Å². The molecule has 3 rings (SSSR count). The summed E-state index contributed by atoms with van der Waals surface area (Å²) in [5, 5.41) is 0. The lowest BCUT2D eigenvalue weighted by atomic mass is 10.2. The summed E-state index contributed by atoms with van der Waals surface area (Å²) in [6.45, 7) is 4.41. The minimum Gasteiger partial charge on any atom is -0.466 e. The number of hydrazine groups is 1. The van der Waals surface area contributed by atoms with Crippen molar-refractivity contribution in [1.29, 1.82) is 0 Å². The van der Waals surface area contributed by atoms with Crippen LogP contribution >= 0.6 is 0 Å². The van der Waals surface area contributed by atoms with Crippen LogP contribution in [-0.2, 0) is 10.0 Å². The van der Waals surface area contributed by atoms with Gasteiger partial charge in [0.05, 0.1) is 10.5 Å². The Kier molecular flexibility index (Phi) is 5.33. The van der Waals surface area contributed by atoms with Crippen LogP contribution in [0.3, 0.4) is 0 Å². The minimum atomic E-state index is -3.52. The van der Waals surface area contributed by atoms with Crippen molar-refractivity contribution in [1.82, 2.24) is 15.2 Å². The van der Waals surface area contributed by atoms with Crippen molar-refractivity contribution in [3.05, 3.63) is 53.0 Å². The van der Waals surface area contributed by atoms with E-state index in [0.29, 0.717) is 30.2 Å². The summed E-state index contributed by atoms with van der Waals surface area (Å²) in [6.07, 6.45) is 1.71. The fourth-order valence-corrected chi connectivity index (χ4v) is 4.48. The van der Waals surface area contributed by atoms with E-state index in [1.807, 2.05) is 0 Å². The maximum absolute atomic E-state index is 12.5. The smallest absolute Gasteiger partial charge is 0.273 e. The molecule has 0 bridgehead atoms. The van der Waals surface area contributed by atoms with Crippen molar-refractivity contribution in [3.63, 3.8) is 0 Å². The van der Waals surface area contributed by atoms with Gasteiger partial charge in [0.1, 0.15) is 11.5 Å². The molecule has 2 heterocycles. The van der Waals surface area contributed by atoms with Gasteiger partial charge in [-0.3, -0.25) is 20.4 Å². The second-order valence-electron chi connectivity index (χ2n) is 6.37. The normalized spacial score (nSPS) is 14.9. The number of carbonyl (C=O) groups is 2. The molecule has 0 spiro atoms. The summed E-state index contributed by atoms with van der Waals surface area (Å²) >= 11 is 0. The Morgan fingerprint density at radius 3 is 2.15 bits per heavy atom. The lowest BCUT2D eigenvalue weighted by Gasteiger charge is -2.15. The van der Waals surface area contributed by atoms with Gasteiger partial charge in [-0.15, -0.1) is 0 Å². The largest absolute Gasteiger partial charge is 0.466 e. The molecule has 2 amide bonds. The van der Waals surface area contributed by atoms with Gasteiger partial charge in [-0.25, -0.2) is 8.42 Å². The Bertz CT molecular complexity index is 957. The predicted octanol–water partition coefficient (Wildman–Crippen LogP) is 1.76. The highest BCUT2D eigenvalue weighted by molar-refractivity contribution is 7.89. The van der Waals surface area contributed by atoms with E-state index in [-0.39, 0.29) is 10.5 Å². The van der Waals surface area contributed by atoms with Crippen LogP contribution in [0.4, 0.5) is 0 Å². The van der Waals surface area contributed by atoms with Crippen LogP contribution in [-0.4, -0.2) is 37.6 Å². The van der Waals surface area contributed by atoms with Crippen LogP contribution in [0.5, 0.6) is 0 Å². The third-order valence-electron chi connectivity index (χ3n) is 4.39. The fraction of sp³-hybridized carbons (Fsp3) is 0.333. The number of amides is 2. The highest BCUT2D eigenvalue weighted by Crippen LogP contribution is 2.21. The van der Waals surface area contributed by atoms with Gasteiger partial charge in [0, 0.05) is 18.7 Å². The number of furan rings is 1. The van der Waals surface area contributed by atoms with Crippen molar-refractivity contribution in [3.8, 4) is 0 Å². The number of aryl methyl sites for hydroxylation is 2. The topological polar surface area (TPSA) is 109 Å². The molecule has 144 valence electrons. The Morgan fingerprint density at radius 2 is 1.59 bits per heavy atom. The van der Waals surface area contributed by atoms with Gasteiger partial charge in [-0.1, -0.05) is 0 Å². The monoisotopic (exact) mass is 391 g/mol. The predicted molar refractivity (Wildman–Crippen MR) is 97.5 cm³/mol. The standard InChI is InChI=1S/C18H21N3O5S/c1-12-11-16(13(2)26-12)18(23)20-19-17(22)14-5-7-15(8-6-14)27(24,25)21-9-3-4-10-21/h5-8,11H,3-4,9-10H2,1-2H3,(H,19,22)(H,20,23). The summed E-state index contributed by atoms with van der Waals surface area (Å²) in [5.41, 5.74) is 5.19. The van der Waals surface area contributed by atoms with Crippen LogP contribution in [0.2, 0.25) is 0 Å². The maximum atomic E-state index is 12.5. The van der Waals surface area contributed by atoms with E-state index in [2.05, 4.69) is 10.9 Å². The number of nitrogens with one attached hydrogen (secondary N) is 2. The van der Waals surface area contributed by atoms with Gasteiger partial charge in [0.2, 0.25) is 10.0 Å². The van der Waals surface area contributed by atoms with Crippen LogP contribution in [0.25, 0.3) is 0 Å². The molecular weight excluding hydrogens is 370 g/mol. The van der Waals surface area contributed by atoms with E-state index in [9.17, 15) is 18.0 Å². The first-order chi connectivity index (χ1) is 12.8. The summed E-state index contributed by atoms with van der Waals surface area (Å²) in [6, 6.07) is 7.20. The van der Waals surface area contributed by atoms with Gasteiger partial charge in [-0.05, 0) is 57.0 Å². The van der Waals surface area contributed by atoms with E-state index in [4.69, 9.17) is 4.42 Å². The van der Waals surface area contributed by atoms with Crippen LogP contribution in [0.1, 0.15) is 45.1 Å². The lowest BCUT2D eigenvalue weighted by molar-refractivity contribution is 0.0845. The molecule has 1 fully saturated rings. The molecule has 9 heteroatoms. The zero-order valence-corrected chi connectivity index (χ0v) is 15.9. The highest BCUT2D eigenvalue weighted by Gasteiger charge is 2.27. The van der Waals surface area contributed by atoms with Crippen molar-refractivity contribution < 1.29 is 22.4 Å². The summed E-state index contributed by atoms with van der Waals surface area (Å²) in [4.78, 5) is 24.4. The molecule has 1 aromatic heterocycles. The van der Waals surface area contributed by atoms with Gasteiger partial charge in [0.25, 0.3) is 11.8 Å². The highest BCUT2D eigenvalue weighted by atomic mass is 32.2. The molecule has 1 aromatic carbocycles. The van der Waals surface area contributed by atoms with E-state index < -0.39 is 21.8 Å². The third kappa shape index (κ3) is 4.04. The van der Waals surface area contributed by atoms with Crippen LogP contribution < -0.4 is 10.9 Å². The van der Waals surface area contributed by atoms with Gasteiger partial charge in [-0.2, -0.15) is 4.31 Å². The molecule has 0 aliphatic carbocycles. The fourth-order valence-electron chi connectivity index (χ4n) is 2.97. The SMILES string of the molecule is Cc1cc(C(=O)NNC(=O)c2ccc(S(=O)(=O)N3CCCC3)cc2)c(C)o1. The third-order valence-corrected chi connectivity index (χ3v) is 6.31. The van der Waals surface area contributed by atoms with E-state index >= 15 is 0 Å². The molecule has 0 unspecified atom stereocenters. The summed E-state index contributed by atoms with van der Waals surface area (Å²) < 4.78 is 31.7. The number of hydrogen-bond donors (Lipinski definition) is 2. The minimum absolute atomic E-state index is 0.148. The molecule has 1 saturated heterocycles. The number of carbonyl (C=O) groups excluding carboxylic acids is 2. The van der Waals surface area contributed by atoms with E-state index in [1.165, 1.54) is 28.6 Å². The van der Waals surface area contributed by atoms with Crippen molar-refractivity contribution in [2.45, 2.75) is 31.6 Å². The average Bonchev–Trinajstić information content (AvgIpc) is 3.29. The first kappa shape index (κ1) is 19.1. The molecule has 2 N–H and O–H groups in total. The van der Waals surface area contributed by atoms with Crippen molar-refractivity contribution in [2.75, 3.05) is 13.1 Å². The first-order valence-electron chi connectivity index (χ1n) is 8.57. The molecule has 1 aliphatic heterocycles. The number of sulfonamides is 1. The average molecular weight is 391 g/mol. The first-order valence-corrected chi connectivity index (χ1v) is 10.0. The zero-order chi connectivity index (χ0) is 19.6. The van der Waals surface area contributed by atoms with Crippen LogP contribution in [0, 0.1) is 13.8 Å². The second kappa shape index (κ2) is 7.53. The quantitative estimate of drug-likeness (QED) is 0.772. The molecular formula is C18H21N3O5S. The Labute approximate surface area is 157 Å². The van der Waals surface area contributed by atoms with Crippen LogP contribution in [0.15, 0.2) is 39.6 Å².